The number of rotatable bonds is 5. The van der Waals surface area contributed by atoms with E-state index in [2.05, 4.69) is 9.64 Å². The lowest BCUT2D eigenvalue weighted by molar-refractivity contribution is 0.0859. The van der Waals surface area contributed by atoms with Gasteiger partial charge in [-0.25, -0.2) is 4.79 Å². The molecule has 0 N–H and O–H groups in total. The summed E-state index contributed by atoms with van der Waals surface area (Å²) in [6, 6.07) is 5.16. The van der Waals surface area contributed by atoms with Crippen LogP contribution in [0.3, 0.4) is 0 Å². The van der Waals surface area contributed by atoms with Crippen LogP contribution in [-0.2, 0) is 9.47 Å². The van der Waals surface area contributed by atoms with Crippen molar-refractivity contribution < 1.29 is 19.0 Å². The third-order valence-corrected chi connectivity index (χ3v) is 3.88. The average molecular weight is 346 g/mol. The van der Waals surface area contributed by atoms with Crippen molar-refractivity contribution in [2.24, 2.45) is 0 Å². The SMILES string of the molecule is COC(=O)OC1=CCCN(CCOc2ccc(Cl)c(Cl)c2)C1. The van der Waals surface area contributed by atoms with Crippen LogP contribution in [0.5, 0.6) is 5.75 Å². The zero-order valence-corrected chi connectivity index (χ0v) is 13.7. The first-order chi connectivity index (χ1) is 10.6. The Morgan fingerprint density at radius 2 is 2.14 bits per heavy atom. The Labute approximate surface area is 139 Å². The maximum atomic E-state index is 11.1. The minimum absolute atomic E-state index is 0.467. The maximum Gasteiger partial charge on any atom is 0.513 e. The predicted molar refractivity (Wildman–Crippen MR) is 84.6 cm³/mol. The average Bonchev–Trinajstić information content (AvgIpc) is 2.51. The molecule has 0 aromatic heterocycles. The fraction of sp³-hybridized carbons (Fsp3) is 0.400. The number of ether oxygens (including phenoxy) is 3. The van der Waals surface area contributed by atoms with Crippen LogP contribution < -0.4 is 4.74 Å². The van der Waals surface area contributed by atoms with Crippen molar-refractivity contribution in [3.8, 4) is 5.75 Å². The molecule has 22 heavy (non-hydrogen) atoms. The second kappa shape index (κ2) is 8.27. The van der Waals surface area contributed by atoms with Crippen molar-refractivity contribution in [2.75, 3.05) is 33.4 Å². The van der Waals surface area contributed by atoms with Crippen LogP contribution in [0, 0.1) is 0 Å². The summed E-state index contributed by atoms with van der Waals surface area (Å²) >= 11 is 11.8. The summed E-state index contributed by atoms with van der Waals surface area (Å²) in [7, 11) is 1.29. The monoisotopic (exact) mass is 345 g/mol. The van der Waals surface area contributed by atoms with E-state index in [9.17, 15) is 4.79 Å². The number of nitrogens with zero attached hydrogens (tertiary/aromatic N) is 1. The zero-order chi connectivity index (χ0) is 15.9. The van der Waals surface area contributed by atoms with Crippen LogP contribution >= 0.6 is 23.2 Å². The normalized spacial score (nSPS) is 15.1. The molecule has 0 bridgehead atoms. The summed E-state index contributed by atoms with van der Waals surface area (Å²) in [6.07, 6.45) is 2.02. The Morgan fingerprint density at radius 3 is 2.86 bits per heavy atom. The number of carbonyl (C=O) groups excluding carboxylic acids is 1. The smallest absolute Gasteiger partial charge is 0.492 e. The van der Waals surface area contributed by atoms with Crippen molar-refractivity contribution in [3.05, 3.63) is 40.1 Å². The predicted octanol–water partition coefficient (Wildman–Crippen LogP) is 3.74. The molecular weight excluding hydrogens is 329 g/mol. The Morgan fingerprint density at radius 1 is 1.32 bits per heavy atom. The van der Waals surface area contributed by atoms with Crippen molar-refractivity contribution in [1.29, 1.82) is 0 Å². The Bertz CT molecular complexity index is 562. The molecule has 0 saturated carbocycles. The Kier molecular flexibility index (Phi) is 6.36. The molecule has 1 aliphatic heterocycles. The number of carbonyl (C=O) groups is 1. The number of hydrogen-bond acceptors (Lipinski definition) is 5. The van der Waals surface area contributed by atoms with Crippen molar-refractivity contribution in [2.45, 2.75) is 6.42 Å². The zero-order valence-electron chi connectivity index (χ0n) is 12.2. The summed E-state index contributed by atoms with van der Waals surface area (Å²) in [6.45, 7) is 2.66. The molecule has 0 aliphatic carbocycles. The lowest BCUT2D eigenvalue weighted by Crippen LogP contribution is -2.34. The summed E-state index contributed by atoms with van der Waals surface area (Å²) in [5.74, 6) is 1.28. The van der Waals surface area contributed by atoms with E-state index in [0.717, 1.165) is 13.0 Å². The standard InChI is InChI=1S/C15H17Cl2NO4/c1-20-15(19)22-12-3-2-6-18(10-12)7-8-21-11-4-5-13(16)14(17)9-11/h3-5,9H,2,6-8,10H2,1H3. The van der Waals surface area contributed by atoms with Crippen LogP contribution in [0.1, 0.15) is 6.42 Å². The first-order valence-corrected chi connectivity index (χ1v) is 7.59. The lowest BCUT2D eigenvalue weighted by atomic mass is 10.2. The Balaban J connectivity index is 1.76. The van der Waals surface area contributed by atoms with Gasteiger partial charge in [-0.05, 0) is 24.6 Å². The van der Waals surface area contributed by atoms with Crippen molar-refractivity contribution in [3.63, 3.8) is 0 Å². The number of halogens is 2. The summed E-state index contributed by atoms with van der Waals surface area (Å²) in [4.78, 5) is 13.2. The number of methoxy groups -OCH3 is 1. The van der Waals surface area contributed by atoms with Gasteiger partial charge in [-0.2, -0.15) is 0 Å². The molecule has 0 fully saturated rings. The molecule has 5 nitrogen and oxygen atoms in total. The van der Waals surface area contributed by atoms with Gasteiger partial charge in [-0.3, -0.25) is 4.90 Å². The highest BCUT2D eigenvalue weighted by Crippen LogP contribution is 2.26. The number of benzene rings is 1. The van der Waals surface area contributed by atoms with Crippen LogP contribution in [0.2, 0.25) is 10.0 Å². The molecule has 1 aliphatic rings. The van der Waals surface area contributed by atoms with E-state index in [4.69, 9.17) is 32.7 Å². The molecule has 1 aromatic carbocycles. The molecule has 120 valence electrons. The summed E-state index contributed by atoms with van der Waals surface area (Å²) in [5.41, 5.74) is 0. The molecule has 0 radical (unpaired) electrons. The third kappa shape index (κ3) is 5.09. The van der Waals surface area contributed by atoms with Gasteiger partial charge in [0.05, 0.1) is 23.7 Å². The van der Waals surface area contributed by atoms with E-state index < -0.39 is 6.16 Å². The minimum Gasteiger partial charge on any atom is -0.492 e. The second-order valence-electron chi connectivity index (χ2n) is 4.72. The van der Waals surface area contributed by atoms with E-state index in [0.29, 0.717) is 41.3 Å². The van der Waals surface area contributed by atoms with Gasteiger partial charge in [0.15, 0.2) is 0 Å². The van der Waals surface area contributed by atoms with Gasteiger partial charge in [0, 0.05) is 19.2 Å². The van der Waals surface area contributed by atoms with E-state index in [-0.39, 0.29) is 0 Å². The Hall–Kier alpha value is -1.43. The van der Waals surface area contributed by atoms with Crippen molar-refractivity contribution in [1.82, 2.24) is 4.90 Å². The van der Waals surface area contributed by atoms with Gasteiger partial charge in [0.25, 0.3) is 0 Å². The molecule has 1 aromatic rings. The van der Waals surface area contributed by atoms with E-state index in [1.54, 1.807) is 18.2 Å². The largest absolute Gasteiger partial charge is 0.513 e. The van der Waals surface area contributed by atoms with Gasteiger partial charge in [-0.15, -0.1) is 0 Å². The van der Waals surface area contributed by atoms with Crippen LogP contribution in [0.15, 0.2) is 30.0 Å². The molecule has 0 atom stereocenters. The molecule has 2 rings (SSSR count). The first-order valence-electron chi connectivity index (χ1n) is 6.83. The highest BCUT2D eigenvalue weighted by Gasteiger charge is 2.16. The topological polar surface area (TPSA) is 48.0 Å². The number of hydrogen-bond donors (Lipinski definition) is 0. The van der Waals surface area contributed by atoms with Gasteiger partial charge in [0.2, 0.25) is 0 Å². The molecule has 7 heteroatoms. The second-order valence-corrected chi connectivity index (χ2v) is 5.53. The lowest BCUT2D eigenvalue weighted by Gasteiger charge is -2.26. The van der Waals surface area contributed by atoms with Crippen molar-refractivity contribution >= 4 is 29.4 Å². The highest BCUT2D eigenvalue weighted by atomic mass is 35.5. The van der Waals surface area contributed by atoms with Crippen LogP contribution in [0.4, 0.5) is 4.79 Å². The van der Waals surface area contributed by atoms with Crippen LogP contribution in [0.25, 0.3) is 0 Å². The molecule has 1 heterocycles. The molecule has 0 unspecified atom stereocenters. The molecular formula is C15H17Cl2NO4. The summed E-state index contributed by atoms with van der Waals surface area (Å²) in [5, 5.41) is 0.966. The van der Waals surface area contributed by atoms with E-state index >= 15 is 0 Å². The third-order valence-electron chi connectivity index (χ3n) is 3.15. The molecule has 0 saturated heterocycles. The van der Waals surface area contributed by atoms with E-state index in [1.807, 2.05) is 6.08 Å². The highest BCUT2D eigenvalue weighted by molar-refractivity contribution is 6.42. The first kappa shape index (κ1) is 16.9. The quantitative estimate of drug-likeness (QED) is 0.760. The fourth-order valence-corrected chi connectivity index (χ4v) is 2.33. The van der Waals surface area contributed by atoms with Gasteiger partial charge in [-0.1, -0.05) is 23.2 Å². The van der Waals surface area contributed by atoms with Gasteiger partial charge in [0.1, 0.15) is 18.1 Å². The van der Waals surface area contributed by atoms with Crippen LogP contribution in [-0.4, -0.2) is 44.4 Å². The minimum atomic E-state index is -0.694. The van der Waals surface area contributed by atoms with Gasteiger partial charge >= 0.3 is 6.16 Å². The summed E-state index contributed by atoms with van der Waals surface area (Å²) < 4.78 is 15.2. The molecule has 0 amide bonds. The fourth-order valence-electron chi connectivity index (χ4n) is 2.04. The molecule has 0 spiro atoms. The van der Waals surface area contributed by atoms with Gasteiger partial charge < -0.3 is 14.2 Å². The maximum absolute atomic E-state index is 11.1. The van der Waals surface area contributed by atoms with E-state index in [1.165, 1.54) is 7.11 Å².